The van der Waals surface area contributed by atoms with Gasteiger partial charge in [-0.3, -0.25) is 0 Å². The van der Waals surface area contributed by atoms with Crippen LogP contribution in [0.25, 0.3) is 0 Å². The van der Waals surface area contributed by atoms with E-state index < -0.39 is 23.2 Å². The number of hydrogen-bond donors (Lipinski definition) is 1. The van der Waals surface area contributed by atoms with E-state index in [1.54, 1.807) is 0 Å². The third-order valence-corrected chi connectivity index (χ3v) is 0.685. The van der Waals surface area contributed by atoms with Gasteiger partial charge in [-0.15, -0.1) is 0 Å². The Labute approximate surface area is 42.5 Å². The highest BCUT2D eigenvalue weighted by atomic mass is 32.2. The number of rotatable bonds is 1. The number of aliphatic hydroxyl groups excluding tert-OH is 1. The van der Waals surface area contributed by atoms with Gasteiger partial charge >= 0.3 is 5.51 Å². The first-order valence-electron chi connectivity index (χ1n) is 1.38. The van der Waals surface area contributed by atoms with Crippen molar-refractivity contribution in [1.29, 1.82) is 0 Å². The Hall–Kier alpha value is 0.100. The van der Waals surface area contributed by atoms with Gasteiger partial charge in [0, 0.05) is 0 Å². The van der Waals surface area contributed by atoms with Crippen LogP contribution in [0.5, 0.6) is 0 Å². The number of halogens is 3. The fourth-order valence-corrected chi connectivity index (χ4v) is 0.220. The summed E-state index contributed by atoms with van der Waals surface area (Å²) in [4.78, 5) is 0. The van der Waals surface area contributed by atoms with Crippen LogP contribution < -0.4 is 0 Å². The molecule has 0 unspecified atom stereocenters. The molecule has 7 heavy (non-hydrogen) atoms. The Kier molecular flexibility index (Phi) is 2.45. The molecule has 0 amide bonds. The minimum Gasteiger partial charge on any atom is -0.385 e. The van der Waals surface area contributed by atoms with E-state index in [0.29, 0.717) is 0 Å². The van der Waals surface area contributed by atoms with Crippen LogP contribution in [0.2, 0.25) is 0 Å². The van der Waals surface area contributed by atoms with Crippen LogP contribution in [0.3, 0.4) is 0 Å². The van der Waals surface area contributed by atoms with E-state index in [0.717, 1.165) is 0 Å². The summed E-state index contributed by atoms with van der Waals surface area (Å²) in [5.74, 6) is -0.899. The maximum Gasteiger partial charge on any atom is 0.443 e. The third kappa shape index (κ3) is 6.10. The van der Waals surface area contributed by atoms with E-state index in [1.165, 1.54) is 0 Å². The van der Waals surface area contributed by atoms with Crippen LogP contribution in [-0.2, 0) is 0 Å². The lowest BCUT2D eigenvalue weighted by Gasteiger charge is -1.98. The van der Waals surface area contributed by atoms with E-state index in [2.05, 4.69) is 0 Å². The Morgan fingerprint density at radius 3 is 1.86 bits per heavy atom. The zero-order chi connectivity index (χ0) is 5.91. The Balaban J connectivity index is 3.15. The Morgan fingerprint density at radius 1 is 1.43 bits per heavy atom. The molecular weight excluding hydrogens is 129 g/mol. The van der Waals surface area contributed by atoms with E-state index in [9.17, 15) is 13.2 Å². The van der Waals surface area contributed by atoms with Gasteiger partial charge in [0.05, 0.1) is 5.94 Å². The molecule has 0 bridgehead atoms. The molecule has 0 aromatic carbocycles. The summed E-state index contributed by atoms with van der Waals surface area (Å²) < 4.78 is 32.6. The molecule has 0 radical (unpaired) electrons. The highest BCUT2D eigenvalue weighted by molar-refractivity contribution is 7.99. The summed E-state index contributed by atoms with van der Waals surface area (Å²) in [6.45, 7) is 0. The first kappa shape index (κ1) is 7.10. The molecule has 0 aromatic rings. The lowest BCUT2D eigenvalue weighted by Crippen LogP contribution is -2.00. The second-order valence-corrected chi connectivity index (χ2v) is 1.73. The molecule has 0 saturated heterocycles. The first-order valence-corrected chi connectivity index (χ1v) is 2.36. The number of hydrogen-bond acceptors (Lipinski definition) is 2. The topological polar surface area (TPSA) is 20.2 Å². The molecule has 0 spiro atoms. The minimum absolute atomic E-state index is 0.456. The van der Waals surface area contributed by atoms with Crippen molar-refractivity contribution in [3.05, 3.63) is 0 Å². The van der Waals surface area contributed by atoms with Crippen LogP contribution >= 0.6 is 11.8 Å². The Morgan fingerprint density at radius 2 is 1.86 bits per heavy atom. The van der Waals surface area contributed by atoms with Crippen molar-refractivity contribution in [3.8, 4) is 0 Å². The molecule has 0 heterocycles. The van der Waals surface area contributed by atoms with Gasteiger partial charge in [-0.05, 0) is 11.8 Å². The first-order chi connectivity index (χ1) is 3.06. The van der Waals surface area contributed by atoms with E-state index in [-0.39, 0.29) is 0 Å². The Bertz CT molecular complexity index is 51.4. The minimum atomic E-state index is -4.28. The van der Waals surface area contributed by atoms with Crippen molar-refractivity contribution in [2.45, 2.75) is 5.51 Å². The highest BCUT2D eigenvalue weighted by Crippen LogP contribution is 2.28. The number of thioether (sulfide) groups is 1. The van der Waals surface area contributed by atoms with Gasteiger partial charge in [0.25, 0.3) is 0 Å². The molecule has 0 atom stereocenters. The fraction of sp³-hybridized carbons (Fsp3) is 1.00. The van der Waals surface area contributed by atoms with Crippen molar-refractivity contribution in [1.82, 2.24) is 0 Å². The van der Waals surface area contributed by atoms with E-state index >= 15 is 0 Å². The summed E-state index contributed by atoms with van der Waals surface area (Å²) in [5.41, 5.74) is -4.28. The molecule has 0 aromatic heterocycles. The lowest BCUT2D eigenvalue weighted by molar-refractivity contribution is -0.0338. The number of aliphatic hydroxyl groups is 1. The van der Waals surface area contributed by atoms with Crippen LogP contribution in [-0.4, -0.2) is 16.6 Å². The smallest absolute Gasteiger partial charge is 0.385 e. The summed E-state index contributed by atoms with van der Waals surface area (Å²) in [7, 11) is 0. The second-order valence-electron chi connectivity index (χ2n) is 0.719. The normalized spacial score (nSPS) is 12.0. The molecule has 5 heteroatoms. The quantitative estimate of drug-likeness (QED) is 0.541. The van der Waals surface area contributed by atoms with Crippen molar-refractivity contribution < 1.29 is 18.3 Å². The SMILES string of the molecule is OCSC(F)(F)F. The van der Waals surface area contributed by atoms with Crippen LogP contribution in [0.1, 0.15) is 0 Å². The fourth-order valence-electron chi connectivity index (χ4n) is 0.0732. The van der Waals surface area contributed by atoms with Crippen LogP contribution in [0.15, 0.2) is 0 Å². The maximum atomic E-state index is 10.9. The summed E-state index contributed by atoms with van der Waals surface area (Å²) >= 11 is -0.456. The monoisotopic (exact) mass is 132 g/mol. The van der Waals surface area contributed by atoms with Gasteiger partial charge < -0.3 is 5.11 Å². The molecule has 0 fully saturated rings. The van der Waals surface area contributed by atoms with Crippen molar-refractivity contribution in [3.63, 3.8) is 0 Å². The molecule has 0 rings (SSSR count). The van der Waals surface area contributed by atoms with Gasteiger partial charge in [0.1, 0.15) is 0 Å². The van der Waals surface area contributed by atoms with Gasteiger partial charge in [-0.1, -0.05) is 0 Å². The molecule has 1 N–H and O–H groups in total. The molecule has 0 aliphatic heterocycles. The third-order valence-electron chi connectivity index (χ3n) is 0.228. The number of alkyl halides is 3. The summed E-state index contributed by atoms with van der Waals surface area (Å²) in [5, 5.41) is 7.64. The summed E-state index contributed by atoms with van der Waals surface area (Å²) in [6, 6.07) is 0. The maximum absolute atomic E-state index is 10.9. The average molecular weight is 132 g/mol. The van der Waals surface area contributed by atoms with E-state index in [1.807, 2.05) is 0 Å². The highest BCUT2D eigenvalue weighted by Gasteiger charge is 2.26. The predicted molar refractivity (Wildman–Crippen MR) is 20.7 cm³/mol. The van der Waals surface area contributed by atoms with Crippen LogP contribution in [0, 0.1) is 0 Å². The average Bonchev–Trinajstić information content (AvgIpc) is 1.30. The van der Waals surface area contributed by atoms with Gasteiger partial charge in [-0.2, -0.15) is 13.2 Å². The van der Waals surface area contributed by atoms with Gasteiger partial charge in [-0.25, -0.2) is 0 Å². The van der Waals surface area contributed by atoms with E-state index in [4.69, 9.17) is 5.11 Å². The molecule has 0 aliphatic rings. The zero-order valence-corrected chi connectivity index (χ0v) is 4.01. The van der Waals surface area contributed by atoms with Gasteiger partial charge in [0.2, 0.25) is 0 Å². The molecule has 1 nitrogen and oxygen atoms in total. The van der Waals surface area contributed by atoms with Crippen molar-refractivity contribution in [2.24, 2.45) is 0 Å². The van der Waals surface area contributed by atoms with Crippen molar-refractivity contribution in [2.75, 3.05) is 5.94 Å². The molecule has 0 aliphatic carbocycles. The molecule has 0 saturated carbocycles. The van der Waals surface area contributed by atoms with Crippen molar-refractivity contribution >= 4 is 11.8 Å². The zero-order valence-electron chi connectivity index (χ0n) is 3.20. The molecule has 44 valence electrons. The van der Waals surface area contributed by atoms with Gasteiger partial charge in [0.15, 0.2) is 0 Å². The lowest BCUT2D eigenvalue weighted by atomic mass is 11.5. The predicted octanol–water partition coefficient (Wildman–Crippen LogP) is 1.19. The van der Waals surface area contributed by atoms with Crippen LogP contribution in [0.4, 0.5) is 13.2 Å². The second kappa shape index (κ2) is 2.42. The summed E-state index contributed by atoms with van der Waals surface area (Å²) in [6.07, 6.45) is 0. The largest absolute Gasteiger partial charge is 0.443 e. The standard InChI is InChI=1S/C2H3F3OS/c3-2(4,5)7-1-6/h6H,1H2. The molecular formula is C2H3F3OS.